The van der Waals surface area contributed by atoms with Gasteiger partial charge in [-0.15, -0.1) is 11.3 Å². The molecule has 2 aromatic rings. The molecule has 4 nitrogen and oxygen atoms in total. The number of nitrogens with zero attached hydrogens (tertiary/aromatic N) is 2. The van der Waals surface area contributed by atoms with Gasteiger partial charge in [0.25, 0.3) is 0 Å². The molecule has 0 saturated heterocycles. The molecule has 110 valence electrons. The molecular formula is C13H10BrClN2O2S2. The summed E-state index contributed by atoms with van der Waals surface area (Å²) in [6, 6.07) is 9.80. The van der Waals surface area contributed by atoms with E-state index in [1.54, 1.807) is 0 Å². The molecule has 0 atom stereocenters. The Hall–Kier alpha value is -0.910. The Morgan fingerprint density at radius 1 is 1.38 bits per heavy atom. The van der Waals surface area contributed by atoms with Crippen LogP contribution in [-0.4, -0.2) is 19.8 Å². The maximum absolute atomic E-state index is 12.6. The van der Waals surface area contributed by atoms with Crippen LogP contribution in [0.5, 0.6) is 0 Å². The summed E-state index contributed by atoms with van der Waals surface area (Å²) in [6.45, 7) is 0.232. The summed E-state index contributed by atoms with van der Waals surface area (Å²) in [5, 5.41) is 9.34. The molecule has 0 radical (unpaired) electrons. The number of thiophene rings is 1. The Morgan fingerprint density at radius 3 is 2.67 bits per heavy atom. The van der Waals surface area contributed by atoms with E-state index in [1.807, 2.05) is 18.2 Å². The van der Waals surface area contributed by atoms with E-state index < -0.39 is 10.0 Å². The van der Waals surface area contributed by atoms with Crippen molar-refractivity contribution in [3.63, 3.8) is 0 Å². The van der Waals surface area contributed by atoms with Crippen molar-refractivity contribution >= 4 is 48.9 Å². The monoisotopic (exact) mass is 404 g/mol. The SMILES string of the molecule is CN(Cc1ccc(Br)s1)S(=O)(=O)c1cc(Cl)ccc1C#N. The molecule has 0 unspecified atom stereocenters. The van der Waals surface area contributed by atoms with Gasteiger partial charge in [0.2, 0.25) is 10.0 Å². The Balaban J connectivity index is 2.38. The van der Waals surface area contributed by atoms with Gasteiger partial charge < -0.3 is 0 Å². The Morgan fingerprint density at radius 2 is 2.10 bits per heavy atom. The van der Waals surface area contributed by atoms with Crippen molar-refractivity contribution < 1.29 is 8.42 Å². The predicted molar refractivity (Wildman–Crippen MR) is 86.8 cm³/mol. The van der Waals surface area contributed by atoms with Gasteiger partial charge in [-0.1, -0.05) is 11.6 Å². The van der Waals surface area contributed by atoms with Crippen LogP contribution in [0.15, 0.2) is 39.0 Å². The number of hydrogen-bond acceptors (Lipinski definition) is 4. The topological polar surface area (TPSA) is 61.2 Å². The van der Waals surface area contributed by atoms with Gasteiger partial charge in [-0.05, 0) is 46.3 Å². The zero-order valence-corrected chi connectivity index (χ0v) is 14.9. The van der Waals surface area contributed by atoms with Crippen molar-refractivity contribution in [2.24, 2.45) is 0 Å². The fraction of sp³-hybridized carbons (Fsp3) is 0.154. The molecule has 0 N–H and O–H groups in total. The highest BCUT2D eigenvalue weighted by Crippen LogP contribution is 2.27. The number of halogens is 2. The number of hydrogen-bond donors (Lipinski definition) is 0. The Bertz CT molecular complexity index is 812. The lowest BCUT2D eigenvalue weighted by Gasteiger charge is -2.17. The first-order valence-corrected chi connectivity index (χ1v) is 9.17. The van der Waals surface area contributed by atoms with Gasteiger partial charge in [-0.2, -0.15) is 9.57 Å². The molecule has 1 heterocycles. The molecular weight excluding hydrogens is 396 g/mol. The minimum Gasteiger partial charge on any atom is -0.207 e. The van der Waals surface area contributed by atoms with E-state index in [9.17, 15) is 8.42 Å². The van der Waals surface area contributed by atoms with E-state index in [0.29, 0.717) is 0 Å². The van der Waals surface area contributed by atoms with E-state index in [-0.39, 0.29) is 22.0 Å². The first kappa shape index (κ1) is 16.5. The fourth-order valence-electron chi connectivity index (χ4n) is 1.71. The molecule has 8 heteroatoms. The largest absolute Gasteiger partial charge is 0.244 e. The van der Waals surface area contributed by atoms with Crippen LogP contribution in [0.4, 0.5) is 0 Å². The summed E-state index contributed by atoms with van der Waals surface area (Å²) in [5.41, 5.74) is 0.0820. The van der Waals surface area contributed by atoms with Crippen molar-refractivity contribution in [2.75, 3.05) is 7.05 Å². The first-order chi connectivity index (χ1) is 9.84. The van der Waals surface area contributed by atoms with Gasteiger partial charge in [0.05, 0.1) is 9.35 Å². The van der Waals surface area contributed by atoms with E-state index >= 15 is 0 Å². The van der Waals surface area contributed by atoms with Crippen molar-refractivity contribution in [3.8, 4) is 6.07 Å². The van der Waals surface area contributed by atoms with Crippen molar-refractivity contribution in [1.82, 2.24) is 4.31 Å². The second kappa shape index (κ2) is 6.46. The zero-order chi connectivity index (χ0) is 15.6. The average molecular weight is 406 g/mol. The Labute approximate surface area is 140 Å². The molecule has 0 aliphatic heterocycles. The smallest absolute Gasteiger partial charge is 0.207 e. The van der Waals surface area contributed by atoms with Crippen LogP contribution in [-0.2, 0) is 16.6 Å². The van der Waals surface area contributed by atoms with Crippen LogP contribution in [0.25, 0.3) is 0 Å². The highest BCUT2D eigenvalue weighted by Gasteiger charge is 2.25. The summed E-state index contributed by atoms with van der Waals surface area (Å²) >= 11 is 10.7. The molecule has 2 rings (SSSR count). The van der Waals surface area contributed by atoms with Crippen molar-refractivity contribution in [2.45, 2.75) is 11.4 Å². The summed E-state index contributed by atoms with van der Waals surface area (Å²) in [6.07, 6.45) is 0. The summed E-state index contributed by atoms with van der Waals surface area (Å²) in [5.74, 6) is 0. The zero-order valence-electron chi connectivity index (χ0n) is 10.9. The third-order valence-electron chi connectivity index (χ3n) is 2.76. The molecule has 0 aliphatic carbocycles. The van der Waals surface area contributed by atoms with Gasteiger partial charge in [0.15, 0.2) is 0 Å². The minimum absolute atomic E-state index is 0.0735. The first-order valence-electron chi connectivity index (χ1n) is 5.75. The molecule has 21 heavy (non-hydrogen) atoms. The standard InChI is InChI=1S/C13H10BrClN2O2S2/c1-17(8-11-4-5-13(14)20-11)21(18,19)12-6-10(15)3-2-9(12)7-16/h2-6H,8H2,1H3. The molecule has 1 aromatic carbocycles. The molecule has 1 aromatic heterocycles. The van der Waals surface area contributed by atoms with Crippen LogP contribution in [0.3, 0.4) is 0 Å². The summed E-state index contributed by atoms with van der Waals surface area (Å²) in [7, 11) is -2.30. The highest BCUT2D eigenvalue weighted by molar-refractivity contribution is 9.11. The summed E-state index contributed by atoms with van der Waals surface area (Å²) < 4.78 is 27.3. The van der Waals surface area contributed by atoms with Crippen molar-refractivity contribution in [1.29, 1.82) is 5.26 Å². The minimum atomic E-state index is -3.78. The Kier molecular flexibility index (Phi) is 5.07. The molecule has 0 spiro atoms. The lowest BCUT2D eigenvalue weighted by atomic mass is 10.2. The van der Waals surface area contributed by atoms with E-state index in [1.165, 1.54) is 40.9 Å². The number of nitriles is 1. The highest BCUT2D eigenvalue weighted by atomic mass is 79.9. The van der Waals surface area contributed by atoms with Gasteiger partial charge in [0.1, 0.15) is 11.0 Å². The molecule has 0 saturated carbocycles. The van der Waals surface area contributed by atoms with Gasteiger partial charge in [-0.3, -0.25) is 0 Å². The quantitative estimate of drug-likeness (QED) is 0.776. The van der Waals surface area contributed by atoms with E-state index in [0.717, 1.165) is 8.66 Å². The van der Waals surface area contributed by atoms with Gasteiger partial charge in [0, 0.05) is 23.5 Å². The fourth-order valence-corrected chi connectivity index (χ4v) is 4.88. The van der Waals surface area contributed by atoms with Gasteiger partial charge in [-0.25, -0.2) is 8.42 Å². The summed E-state index contributed by atoms with van der Waals surface area (Å²) in [4.78, 5) is 0.823. The second-order valence-corrected chi connectivity index (χ2v) is 9.22. The maximum atomic E-state index is 12.6. The second-order valence-electron chi connectivity index (χ2n) is 4.22. The van der Waals surface area contributed by atoms with Crippen LogP contribution < -0.4 is 0 Å². The normalized spacial score (nSPS) is 11.6. The number of sulfonamides is 1. The third-order valence-corrected chi connectivity index (χ3v) is 6.45. The number of benzene rings is 1. The molecule has 0 amide bonds. The lowest BCUT2D eigenvalue weighted by Crippen LogP contribution is -2.26. The third kappa shape index (κ3) is 3.65. The van der Waals surface area contributed by atoms with Crippen LogP contribution >= 0.6 is 38.9 Å². The average Bonchev–Trinajstić information content (AvgIpc) is 2.84. The molecule has 0 bridgehead atoms. The van der Waals surface area contributed by atoms with E-state index in [2.05, 4.69) is 15.9 Å². The van der Waals surface area contributed by atoms with Crippen LogP contribution in [0, 0.1) is 11.3 Å². The van der Waals surface area contributed by atoms with E-state index in [4.69, 9.17) is 16.9 Å². The molecule has 0 fully saturated rings. The van der Waals surface area contributed by atoms with Gasteiger partial charge >= 0.3 is 0 Å². The predicted octanol–water partition coefficient (Wildman–Crippen LogP) is 3.86. The van der Waals surface area contributed by atoms with Crippen molar-refractivity contribution in [3.05, 3.63) is 49.6 Å². The van der Waals surface area contributed by atoms with Crippen LogP contribution in [0.1, 0.15) is 10.4 Å². The maximum Gasteiger partial charge on any atom is 0.244 e. The number of rotatable bonds is 4. The van der Waals surface area contributed by atoms with Crippen LogP contribution in [0.2, 0.25) is 5.02 Å². The molecule has 0 aliphatic rings. The lowest BCUT2D eigenvalue weighted by molar-refractivity contribution is 0.469.